The monoisotopic (exact) mass is 380 g/mol. The summed E-state index contributed by atoms with van der Waals surface area (Å²) in [5.74, 6) is -3.18. The van der Waals surface area contributed by atoms with E-state index in [1.807, 2.05) is 12.1 Å². The smallest absolute Gasteiger partial charge is 0.218 e. The molecule has 4 fully saturated rings. The lowest BCUT2D eigenvalue weighted by atomic mass is 9.51. The first-order valence-corrected chi connectivity index (χ1v) is 9.02. The molecule has 1 aromatic heterocycles. The molecular weight excluding hydrogens is 364 g/mol. The van der Waals surface area contributed by atoms with Crippen LogP contribution in [0.1, 0.15) is 31.1 Å². The molecular formula is C19H16N4O5. The summed E-state index contributed by atoms with van der Waals surface area (Å²) in [6.45, 7) is 0.851. The highest BCUT2D eigenvalue weighted by Gasteiger charge is 2.82. The van der Waals surface area contributed by atoms with Gasteiger partial charge in [-0.05, 0) is 12.1 Å². The number of rotatable bonds is 1. The maximum atomic E-state index is 10.3. The summed E-state index contributed by atoms with van der Waals surface area (Å²) in [6, 6.07) is 9.31. The molecule has 4 aliphatic rings. The molecule has 1 N–H and O–H groups in total. The molecule has 1 spiro atoms. The number of ether oxygens (including phenoxy) is 4. The summed E-state index contributed by atoms with van der Waals surface area (Å²) in [6.07, 6.45) is 1.18. The lowest BCUT2D eigenvalue weighted by Gasteiger charge is -2.53. The van der Waals surface area contributed by atoms with Gasteiger partial charge in [0.1, 0.15) is 5.76 Å². The van der Waals surface area contributed by atoms with Crippen molar-refractivity contribution in [1.29, 1.82) is 21.2 Å². The molecule has 5 rings (SSSR count). The van der Waals surface area contributed by atoms with Gasteiger partial charge in [0.25, 0.3) is 0 Å². The van der Waals surface area contributed by atoms with Gasteiger partial charge in [0.05, 0.1) is 43.6 Å². The maximum absolute atomic E-state index is 10.3. The second-order valence-corrected chi connectivity index (χ2v) is 7.57. The maximum Gasteiger partial charge on any atom is 0.218 e. The molecule has 4 heterocycles. The Kier molecular flexibility index (Phi) is 3.28. The summed E-state index contributed by atoms with van der Waals surface area (Å²) >= 11 is 0. The van der Waals surface area contributed by atoms with Crippen molar-refractivity contribution < 1.29 is 23.4 Å². The van der Waals surface area contributed by atoms with Crippen molar-refractivity contribution in [3.05, 3.63) is 24.2 Å². The third-order valence-corrected chi connectivity index (χ3v) is 6.53. The number of hydrogen-bond acceptors (Lipinski definition) is 9. The van der Waals surface area contributed by atoms with Gasteiger partial charge in [-0.25, -0.2) is 0 Å². The van der Waals surface area contributed by atoms with E-state index in [0.717, 1.165) is 0 Å². The summed E-state index contributed by atoms with van der Waals surface area (Å²) in [5.41, 5.74) is -3.87. The molecule has 28 heavy (non-hydrogen) atoms. The van der Waals surface area contributed by atoms with Gasteiger partial charge < -0.3 is 23.4 Å². The highest BCUT2D eigenvalue weighted by Crippen LogP contribution is 2.70. The van der Waals surface area contributed by atoms with Gasteiger partial charge in [0, 0.05) is 19.3 Å². The van der Waals surface area contributed by atoms with Gasteiger partial charge in [-0.15, -0.1) is 0 Å². The first-order valence-electron chi connectivity index (χ1n) is 9.02. The Hall–Kier alpha value is -2.90. The van der Waals surface area contributed by atoms with Crippen LogP contribution in [0, 0.1) is 56.2 Å². The van der Waals surface area contributed by atoms with Crippen LogP contribution in [0.5, 0.6) is 0 Å². The van der Waals surface area contributed by atoms with Crippen LogP contribution in [0.2, 0.25) is 0 Å². The molecule has 4 unspecified atom stereocenters. The first kappa shape index (κ1) is 17.2. The van der Waals surface area contributed by atoms with E-state index < -0.39 is 40.3 Å². The molecule has 142 valence electrons. The Morgan fingerprint density at radius 1 is 1.07 bits per heavy atom. The molecule has 1 aromatic rings. The number of furan rings is 1. The van der Waals surface area contributed by atoms with Gasteiger partial charge in [-0.3, -0.25) is 5.41 Å². The van der Waals surface area contributed by atoms with Crippen molar-refractivity contribution in [2.24, 2.45) is 16.7 Å². The third kappa shape index (κ3) is 1.72. The second-order valence-electron chi connectivity index (χ2n) is 7.57. The van der Waals surface area contributed by atoms with Crippen LogP contribution in [0.15, 0.2) is 22.8 Å². The number of nitrogens with zero attached hydrogens (tertiary/aromatic N) is 3. The van der Waals surface area contributed by atoms with Gasteiger partial charge >= 0.3 is 0 Å². The molecule has 9 heteroatoms. The first-order chi connectivity index (χ1) is 13.5. The lowest BCUT2D eigenvalue weighted by molar-refractivity contribution is -0.332. The number of hydrogen-bond donors (Lipinski definition) is 1. The molecule has 4 atom stereocenters. The zero-order chi connectivity index (χ0) is 19.6. The van der Waals surface area contributed by atoms with E-state index in [9.17, 15) is 15.8 Å². The second kappa shape index (κ2) is 5.33. The van der Waals surface area contributed by atoms with Gasteiger partial charge in [0.2, 0.25) is 17.1 Å². The van der Waals surface area contributed by atoms with Crippen LogP contribution in [0.3, 0.4) is 0 Å². The predicted octanol–water partition coefficient (Wildman–Crippen LogP) is 2.14. The fourth-order valence-corrected chi connectivity index (χ4v) is 5.24. The molecule has 0 radical (unpaired) electrons. The van der Waals surface area contributed by atoms with Crippen LogP contribution in [-0.4, -0.2) is 30.7 Å². The SMILES string of the molecule is N#CC1(C#N)C(c2ccco2)OC23CCC4(CC2C1(C#N)C(=N)O3)OCCO4. The zero-order valence-corrected chi connectivity index (χ0v) is 14.8. The Labute approximate surface area is 160 Å². The van der Waals surface area contributed by atoms with Crippen molar-refractivity contribution in [3.8, 4) is 18.2 Å². The molecule has 1 aliphatic carbocycles. The molecule has 0 amide bonds. The molecule has 2 bridgehead atoms. The van der Waals surface area contributed by atoms with Crippen molar-refractivity contribution in [3.63, 3.8) is 0 Å². The quantitative estimate of drug-likeness (QED) is 0.780. The Morgan fingerprint density at radius 3 is 2.43 bits per heavy atom. The largest absolute Gasteiger partial charge is 0.466 e. The standard InChI is InChI=1S/C19H16N4O5/c20-9-16(10-21)14(12-2-1-5-24-12)27-19-4-3-17(25-6-7-26-17)8-13(19)18(16,11-22)15(23)28-19/h1-2,5,13-14,23H,3-4,6-8H2. The van der Waals surface area contributed by atoms with E-state index in [-0.39, 0.29) is 12.2 Å². The number of nitrogens with one attached hydrogen (secondary N) is 1. The minimum absolute atomic E-state index is 0.193. The normalized spacial score (nSPS) is 39.4. The molecule has 1 saturated carbocycles. The molecule has 3 aliphatic heterocycles. The van der Waals surface area contributed by atoms with Crippen LogP contribution in [0.25, 0.3) is 0 Å². The van der Waals surface area contributed by atoms with Crippen LogP contribution < -0.4 is 0 Å². The van der Waals surface area contributed by atoms with E-state index in [1.54, 1.807) is 12.1 Å². The predicted molar refractivity (Wildman–Crippen MR) is 87.8 cm³/mol. The highest BCUT2D eigenvalue weighted by molar-refractivity contribution is 5.89. The zero-order valence-electron chi connectivity index (χ0n) is 14.8. The molecule has 0 aromatic carbocycles. The van der Waals surface area contributed by atoms with Crippen molar-refractivity contribution in [1.82, 2.24) is 0 Å². The Bertz CT molecular complexity index is 950. The minimum atomic E-state index is -2.03. The average molecular weight is 380 g/mol. The van der Waals surface area contributed by atoms with Crippen LogP contribution in [-0.2, 0) is 18.9 Å². The summed E-state index contributed by atoms with van der Waals surface area (Å²) in [5, 5.41) is 39.0. The Morgan fingerprint density at radius 2 is 1.82 bits per heavy atom. The van der Waals surface area contributed by atoms with Crippen molar-refractivity contribution in [2.75, 3.05) is 13.2 Å². The van der Waals surface area contributed by atoms with E-state index in [2.05, 4.69) is 6.07 Å². The van der Waals surface area contributed by atoms with E-state index in [4.69, 9.17) is 28.8 Å². The van der Waals surface area contributed by atoms with Gasteiger partial charge in [0.15, 0.2) is 17.3 Å². The lowest BCUT2D eigenvalue weighted by Crippen LogP contribution is -2.63. The van der Waals surface area contributed by atoms with E-state index in [1.165, 1.54) is 6.26 Å². The van der Waals surface area contributed by atoms with Gasteiger partial charge in [-0.2, -0.15) is 15.8 Å². The van der Waals surface area contributed by atoms with Crippen molar-refractivity contribution >= 4 is 5.90 Å². The summed E-state index contributed by atoms with van der Waals surface area (Å²) in [7, 11) is 0. The summed E-state index contributed by atoms with van der Waals surface area (Å²) < 4.78 is 29.2. The van der Waals surface area contributed by atoms with Crippen LogP contribution >= 0.6 is 0 Å². The minimum Gasteiger partial charge on any atom is -0.466 e. The topological polar surface area (TPSA) is 145 Å². The fraction of sp³-hybridized carbons (Fsp3) is 0.579. The number of nitriles is 3. The van der Waals surface area contributed by atoms with E-state index >= 15 is 0 Å². The van der Waals surface area contributed by atoms with Gasteiger partial charge in [-0.1, -0.05) is 0 Å². The third-order valence-electron chi connectivity index (χ3n) is 6.53. The average Bonchev–Trinajstić information content (AvgIpc) is 3.43. The Balaban J connectivity index is 1.73. The summed E-state index contributed by atoms with van der Waals surface area (Å²) in [4.78, 5) is 0. The molecule has 3 saturated heterocycles. The highest BCUT2D eigenvalue weighted by atomic mass is 16.7. The fourth-order valence-electron chi connectivity index (χ4n) is 5.24. The molecule has 9 nitrogen and oxygen atoms in total. The van der Waals surface area contributed by atoms with Crippen LogP contribution in [0.4, 0.5) is 0 Å². The van der Waals surface area contributed by atoms with E-state index in [0.29, 0.717) is 26.1 Å². The van der Waals surface area contributed by atoms with Crippen molar-refractivity contribution in [2.45, 2.75) is 36.9 Å².